The van der Waals surface area contributed by atoms with Gasteiger partial charge in [0.05, 0.1) is 5.69 Å². The van der Waals surface area contributed by atoms with Gasteiger partial charge in [-0.25, -0.2) is 9.59 Å². The zero-order chi connectivity index (χ0) is 14.6. The van der Waals surface area contributed by atoms with Crippen LogP contribution in [-0.2, 0) is 4.74 Å². The molecule has 0 aliphatic rings. The summed E-state index contributed by atoms with van der Waals surface area (Å²) in [5.41, 5.74) is -0.336. The van der Waals surface area contributed by atoms with Gasteiger partial charge in [-0.1, -0.05) is 6.58 Å². The Labute approximate surface area is 110 Å². The highest BCUT2D eigenvalue weighted by molar-refractivity contribution is 6.07. The predicted molar refractivity (Wildman–Crippen MR) is 68.9 cm³/mol. The van der Waals surface area contributed by atoms with E-state index in [9.17, 15) is 9.59 Å². The van der Waals surface area contributed by atoms with E-state index in [1.165, 1.54) is 18.2 Å². The number of amides is 2. The summed E-state index contributed by atoms with van der Waals surface area (Å²) in [5.74, 6) is -0.132. The van der Waals surface area contributed by atoms with Crippen molar-refractivity contribution >= 4 is 24.1 Å². The van der Waals surface area contributed by atoms with Gasteiger partial charge in [0, 0.05) is 0 Å². The summed E-state index contributed by atoms with van der Waals surface area (Å²) in [6.45, 7) is 8.41. The molecule has 1 aromatic rings. The molecule has 0 saturated heterocycles. The molecule has 0 spiro atoms. The number of ether oxygens (including phenoxy) is 1. The summed E-state index contributed by atoms with van der Waals surface area (Å²) in [6.07, 6.45) is -1.06. The molecule has 7 heteroatoms. The minimum Gasteiger partial charge on any atom is -0.464 e. The minimum atomic E-state index is -1.49. The van der Waals surface area contributed by atoms with E-state index in [2.05, 4.69) is 16.8 Å². The minimum absolute atomic E-state index is 0.132. The van der Waals surface area contributed by atoms with E-state index in [0.29, 0.717) is 10.6 Å². The molecule has 0 bridgehead atoms. The molecule has 1 rings (SSSR count). The molecule has 1 N–H and O–H groups in total. The van der Waals surface area contributed by atoms with Crippen LogP contribution in [0.5, 0.6) is 0 Å². The van der Waals surface area contributed by atoms with E-state index in [1.807, 2.05) is 0 Å². The van der Waals surface area contributed by atoms with Crippen molar-refractivity contribution in [2.45, 2.75) is 26.4 Å². The van der Waals surface area contributed by atoms with Gasteiger partial charge in [0.2, 0.25) is 0 Å². The number of rotatable bonds is 2. The van der Waals surface area contributed by atoms with Crippen molar-refractivity contribution in [3.8, 4) is 0 Å². The quantitative estimate of drug-likeness (QED) is 0.883. The Morgan fingerprint density at radius 1 is 1.37 bits per heavy atom. The maximum atomic E-state index is 11.8. The van der Waals surface area contributed by atoms with Gasteiger partial charge in [-0.15, -0.1) is 10.2 Å². The fraction of sp³-hybridized carbons (Fsp3) is 0.333. The maximum Gasteiger partial charge on any atom is 0.425 e. The van der Waals surface area contributed by atoms with Crippen LogP contribution >= 0.6 is 0 Å². The number of anilines is 1. The molecular weight excluding hydrogens is 250 g/mol. The van der Waals surface area contributed by atoms with Crippen molar-refractivity contribution in [1.82, 2.24) is 10.2 Å². The zero-order valence-electron chi connectivity index (χ0n) is 11.0. The van der Waals surface area contributed by atoms with Gasteiger partial charge in [0.25, 0.3) is 0 Å². The van der Waals surface area contributed by atoms with E-state index in [1.54, 1.807) is 20.8 Å². The van der Waals surface area contributed by atoms with Crippen LogP contribution < -0.4 is 4.90 Å². The lowest BCUT2D eigenvalue weighted by atomic mass is 10.2. The average Bonchev–Trinajstić information content (AvgIpc) is 2.27. The Balaban J connectivity index is 3.03. The zero-order valence-corrected chi connectivity index (χ0v) is 11.0. The Morgan fingerprint density at radius 2 is 2.00 bits per heavy atom. The molecule has 1 heterocycles. The Kier molecular flexibility index (Phi) is 4.21. The van der Waals surface area contributed by atoms with E-state index in [0.717, 1.165) is 0 Å². The third-order valence-electron chi connectivity index (χ3n) is 1.88. The standard InChI is InChI=1S/C12H15N3O4/c1-5-8-6-7-9(14-13-8)15(10(16)17)11(18)19-12(2,3)4/h5-7H,1H2,2-4H3,(H,16,17). The molecule has 0 radical (unpaired) electrons. The Bertz CT molecular complexity index is 491. The van der Waals surface area contributed by atoms with Crippen LogP contribution in [0.2, 0.25) is 0 Å². The highest BCUT2D eigenvalue weighted by Crippen LogP contribution is 2.16. The van der Waals surface area contributed by atoms with Crippen LogP contribution in [0.15, 0.2) is 18.7 Å². The van der Waals surface area contributed by atoms with Gasteiger partial charge >= 0.3 is 12.2 Å². The normalized spacial score (nSPS) is 10.7. The molecule has 102 valence electrons. The highest BCUT2D eigenvalue weighted by Gasteiger charge is 2.29. The number of hydrogen-bond donors (Lipinski definition) is 1. The number of carbonyl (C=O) groups excluding carboxylic acids is 1. The van der Waals surface area contributed by atoms with Crippen molar-refractivity contribution in [3.05, 3.63) is 24.4 Å². The molecule has 0 fully saturated rings. The molecule has 1 aromatic heterocycles. The lowest BCUT2D eigenvalue weighted by Gasteiger charge is -2.23. The first kappa shape index (κ1) is 14.6. The third-order valence-corrected chi connectivity index (χ3v) is 1.88. The number of nitrogens with zero attached hydrogens (tertiary/aromatic N) is 3. The summed E-state index contributed by atoms with van der Waals surface area (Å²) in [7, 11) is 0. The largest absolute Gasteiger partial charge is 0.464 e. The second-order valence-electron chi connectivity index (χ2n) is 4.62. The monoisotopic (exact) mass is 265 g/mol. The molecule has 19 heavy (non-hydrogen) atoms. The molecule has 0 aliphatic heterocycles. The first-order chi connectivity index (χ1) is 8.74. The van der Waals surface area contributed by atoms with Gasteiger partial charge in [0.15, 0.2) is 5.82 Å². The second-order valence-corrected chi connectivity index (χ2v) is 4.62. The SMILES string of the molecule is C=Cc1ccc(N(C(=O)O)C(=O)OC(C)(C)C)nn1. The fourth-order valence-corrected chi connectivity index (χ4v) is 1.14. The molecule has 0 aliphatic carbocycles. The molecule has 0 aromatic carbocycles. The number of aromatic nitrogens is 2. The van der Waals surface area contributed by atoms with Crippen molar-refractivity contribution in [1.29, 1.82) is 0 Å². The van der Waals surface area contributed by atoms with Crippen molar-refractivity contribution < 1.29 is 19.4 Å². The number of carbonyl (C=O) groups is 2. The average molecular weight is 265 g/mol. The Hall–Kier alpha value is -2.44. The molecule has 7 nitrogen and oxygen atoms in total. The van der Waals surface area contributed by atoms with Crippen LogP contribution in [0.25, 0.3) is 6.08 Å². The van der Waals surface area contributed by atoms with Gasteiger partial charge < -0.3 is 9.84 Å². The number of hydrogen-bond acceptors (Lipinski definition) is 5. The number of carboxylic acid groups (broad SMARTS) is 1. The van der Waals surface area contributed by atoms with E-state index < -0.39 is 17.8 Å². The summed E-state index contributed by atoms with van der Waals surface area (Å²) in [6, 6.07) is 2.84. The molecule has 0 unspecified atom stereocenters. The second kappa shape index (κ2) is 5.47. The Morgan fingerprint density at radius 3 is 2.37 bits per heavy atom. The highest BCUT2D eigenvalue weighted by atomic mass is 16.6. The predicted octanol–water partition coefficient (Wildman–Crippen LogP) is 2.54. The first-order valence-corrected chi connectivity index (χ1v) is 5.47. The topological polar surface area (TPSA) is 92.6 Å². The van der Waals surface area contributed by atoms with Crippen molar-refractivity contribution in [3.63, 3.8) is 0 Å². The third kappa shape index (κ3) is 4.06. The van der Waals surface area contributed by atoms with E-state index >= 15 is 0 Å². The molecule has 0 atom stereocenters. The molecule has 2 amide bonds. The number of imide groups is 1. The summed E-state index contributed by atoms with van der Waals surface area (Å²) in [4.78, 5) is 23.3. The van der Waals surface area contributed by atoms with Gasteiger partial charge in [-0.2, -0.15) is 4.90 Å². The van der Waals surface area contributed by atoms with Crippen LogP contribution in [0.1, 0.15) is 26.5 Å². The molecule has 0 saturated carbocycles. The van der Waals surface area contributed by atoms with E-state index in [-0.39, 0.29) is 5.82 Å². The van der Waals surface area contributed by atoms with Crippen LogP contribution in [0.3, 0.4) is 0 Å². The summed E-state index contributed by atoms with van der Waals surface area (Å²) < 4.78 is 4.99. The van der Waals surface area contributed by atoms with Gasteiger partial charge in [0.1, 0.15) is 5.60 Å². The van der Waals surface area contributed by atoms with Crippen molar-refractivity contribution in [2.75, 3.05) is 4.90 Å². The van der Waals surface area contributed by atoms with Crippen molar-refractivity contribution in [2.24, 2.45) is 0 Å². The summed E-state index contributed by atoms with van der Waals surface area (Å²) >= 11 is 0. The smallest absolute Gasteiger partial charge is 0.425 e. The lowest BCUT2D eigenvalue weighted by Crippen LogP contribution is -2.40. The van der Waals surface area contributed by atoms with Gasteiger partial charge in [-0.3, -0.25) is 0 Å². The van der Waals surface area contributed by atoms with Crippen LogP contribution in [-0.4, -0.2) is 33.1 Å². The van der Waals surface area contributed by atoms with E-state index in [4.69, 9.17) is 9.84 Å². The fourth-order valence-electron chi connectivity index (χ4n) is 1.14. The van der Waals surface area contributed by atoms with Crippen LogP contribution in [0, 0.1) is 0 Å². The lowest BCUT2D eigenvalue weighted by molar-refractivity contribution is 0.0580. The summed E-state index contributed by atoms with van der Waals surface area (Å²) in [5, 5.41) is 16.4. The van der Waals surface area contributed by atoms with Gasteiger partial charge in [-0.05, 0) is 39.0 Å². The van der Waals surface area contributed by atoms with Crippen LogP contribution in [0.4, 0.5) is 15.4 Å². The first-order valence-electron chi connectivity index (χ1n) is 5.47. The molecular formula is C12H15N3O4. The maximum absolute atomic E-state index is 11.8.